The second-order valence-corrected chi connectivity index (χ2v) is 9.51. The zero-order valence-electron chi connectivity index (χ0n) is 18.0. The number of carbonyl (C=O) groups excluding carboxylic acids is 2. The molecule has 30 heavy (non-hydrogen) atoms. The second-order valence-electron chi connectivity index (χ2n) is 9.51. The zero-order valence-corrected chi connectivity index (χ0v) is 18.0. The minimum atomic E-state index is -0.538. The fraction of sp³-hybridized carbons (Fsp3) is 0.636. The van der Waals surface area contributed by atoms with Crippen molar-refractivity contribution in [2.75, 3.05) is 33.4 Å². The SMILES string of the molecule is COC(=O)c1cc(F)c2c(c1)CCN(C[C@@]13C[C@@H](CO1)N(C(=O)OC(C)(C)C)C3)C2. The van der Waals surface area contributed by atoms with Crippen LogP contribution in [0.3, 0.4) is 0 Å². The lowest BCUT2D eigenvalue weighted by Crippen LogP contribution is -2.52. The molecular weight excluding hydrogens is 391 g/mol. The van der Waals surface area contributed by atoms with Gasteiger partial charge in [0.25, 0.3) is 0 Å². The van der Waals surface area contributed by atoms with E-state index >= 15 is 0 Å². The number of methoxy groups -OCH3 is 1. The Kier molecular flexibility index (Phi) is 5.26. The molecule has 0 unspecified atom stereocenters. The van der Waals surface area contributed by atoms with Crippen molar-refractivity contribution >= 4 is 12.1 Å². The Morgan fingerprint density at radius 1 is 1.33 bits per heavy atom. The fourth-order valence-electron chi connectivity index (χ4n) is 4.72. The molecule has 3 aliphatic rings. The van der Waals surface area contributed by atoms with Crippen LogP contribution in [-0.2, 0) is 27.2 Å². The summed E-state index contributed by atoms with van der Waals surface area (Å²) in [6, 6.07) is 2.99. The van der Waals surface area contributed by atoms with Crippen molar-refractivity contribution in [3.8, 4) is 0 Å². The van der Waals surface area contributed by atoms with E-state index in [0.717, 1.165) is 18.5 Å². The van der Waals surface area contributed by atoms with E-state index in [1.807, 2.05) is 20.8 Å². The lowest BCUT2D eigenvalue weighted by atomic mass is 9.94. The second kappa shape index (κ2) is 7.50. The average Bonchev–Trinajstić information content (AvgIpc) is 3.24. The van der Waals surface area contributed by atoms with Gasteiger partial charge < -0.3 is 14.2 Å². The molecule has 0 saturated carbocycles. The maximum atomic E-state index is 14.7. The van der Waals surface area contributed by atoms with E-state index in [1.54, 1.807) is 11.0 Å². The minimum Gasteiger partial charge on any atom is -0.465 e. The molecule has 0 aromatic heterocycles. The third-order valence-corrected chi connectivity index (χ3v) is 6.02. The number of fused-ring (bicyclic) bond motifs is 3. The van der Waals surface area contributed by atoms with E-state index in [2.05, 4.69) is 4.90 Å². The van der Waals surface area contributed by atoms with Gasteiger partial charge in [0.15, 0.2) is 0 Å². The van der Waals surface area contributed by atoms with Crippen molar-refractivity contribution in [3.05, 3.63) is 34.6 Å². The zero-order chi connectivity index (χ0) is 21.7. The number of morpholine rings is 1. The highest BCUT2D eigenvalue weighted by Gasteiger charge is 2.54. The highest BCUT2D eigenvalue weighted by molar-refractivity contribution is 5.89. The highest BCUT2D eigenvalue weighted by atomic mass is 19.1. The van der Waals surface area contributed by atoms with Gasteiger partial charge in [-0.05, 0) is 44.9 Å². The number of carbonyl (C=O) groups is 2. The van der Waals surface area contributed by atoms with E-state index < -0.39 is 17.2 Å². The third kappa shape index (κ3) is 4.03. The number of rotatable bonds is 3. The summed E-state index contributed by atoms with van der Waals surface area (Å²) in [5, 5.41) is 0. The van der Waals surface area contributed by atoms with Crippen molar-refractivity contribution in [2.24, 2.45) is 0 Å². The van der Waals surface area contributed by atoms with Crippen LogP contribution in [0.15, 0.2) is 12.1 Å². The Labute approximate surface area is 176 Å². The van der Waals surface area contributed by atoms with Crippen LogP contribution in [0.25, 0.3) is 0 Å². The van der Waals surface area contributed by atoms with Gasteiger partial charge in [-0.2, -0.15) is 0 Å². The number of hydrogen-bond acceptors (Lipinski definition) is 6. The summed E-state index contributed by atoms with van der Waals surface area (Å²) in [5.74, 6) is -0.918. The summed E-state index contributed by atoms with van der Waals surface area (Å²) >= 11 is 0. The fourth-order valence-corrected chi connectivity index (χ4v) is 4.72. The van der Waals surface area contributed by atoms with Gasteiger partial charge in [0.1, 0.15) is 17.0 Å². The van der Waals surface area contributed by atoms with Crippen molar-refractivity contribution in [2.45, 2.75) is 57.4 Å². The molecule has 3 heterocycles. The van der Waals surface area contributed by atoms with Crippen LogP contribution in [0, 0.1) is 5.82 Å². The third-order valence-electron chi connectivity index (χ3n) is 6.02. The molecule has 1 amide bonds. The van der Waals surface area contributed by atoms with E-state index in [0.29, 0.717) is 38.2 Å². The van der Waals surface area contributed by atoms with E-state index in [4.69, 9.17) is 14.2 Å². The molecule has 3 aliphatic heterocycles. The molecule has 0 radical (unpaired) electrons. The largest absolute Gasteiger partial charge is 0.465 e. The van der Waals surface area contributed by atoms with Gasteiger partial charge in [0.05, 0.1) is 31.9 Å². The number of halogens is 1. The number of nitrogens with zero attached hydrogens (tertiary/aromatic N) is 2. The molecule has 1 aromatic rings. The predicted octanol–water partition coefficient (Wildman–Crippen LogP) is 2.75. The quantitative estimate of drug-likeness (QED) is 0.701. The summed E-state index contributed by atoms with van der Waals surface area (Å²) in [6.07, 6.45) is 1.11. The minimum absolute atomic E-state index is 0.0243. The predicted molar refractivity (Wildman–Crippen MR) is 107 cm³/mol. The maximum Gasteiger partial charge on any atom is 0.410 e. The van der Waals surface area contributed by atoms with Crippen molar-refractivity contribution in [1.29, 1.82) is 0 Å². The molecule has 1 aromatic carbocycles. The molecule has 7 nitrogen and oxygen atoms in total. The van der Waals surface area contributed by atoms with E-state index in [9.17, 15) is 14.0 Å². The summed E-state index contributed by atoms with van der Waals surface area (Å²) < 4.78 is 31.0. The van der Waals surface area contributed by atoms with Crippen molar-refractivity contribution < 1.29 is 28.2 Å². The van der Waals surface area contributed by atoms with E-state index in [-0.39, 0.29) is 23.5 Å². The first-order chi connectivity index (χ1) is 14.1. The summed E-state index contributed by atoms with van der Waals surface area (Å²) in [5.41, 5.74) is 0.718. The van der Waals surface area contributed by atoms with Gasteiger partial charge in [0.2, 0.25) is 0 Å². The molecule has 0 aliphatic carbocycles. The molecular formula is C22H29FN2O5. The smallest absolute Gasteiger partial charge is 0.410 e. The van der Waals surface area contributed by atoms with Crippen LogP contribution in [0.5, 0.6) is 0 Å². The Bertz CT molecular complexity index is 868. The summed E-state index contributed by atoms with van der Waals surface area (Å²) in [6.45, 7) is 8.37. The number of amides is 1. The molecule has 164 valence electrons. The molecule has 2 fully saturated rings. The molecule has 8 heteroatoms. The van der Waals surface area contributed by atoms with Crippen molar-refractivity contribution in [3.63, 3.8) is 0 Å². The first-order valence-corrected chi connectivity index (χ1v) is 10.3. The topological polar surface area (TPSA) is 68.3 Å². The Morgan fingerprint density at radius 3 is 2.80 bits per heavy atom. The monoisotopic (exact) mass is 420 g/mol. The summed E-state index contributed by atoms with van der Waals surface area (Å²) in [4.78, 5) is 28.2. The maximum absolute atomic E-state index is 14.7. The Morgan fingerprint density at radius 2 is 2.10 bits per heavy atom. The first-order valence-electron chi connectivity index (χ1n) is 10.3. The van der Waals surface area contributed by atoms with Gasteiger partial charge >= 0.3 is 12.1 Å². The normalized spacial score (nSPS) is 25.9. The standard InChI is InChI=1S/C22H29FN2O5/c1-21(2,3)30-20(27)25-13-22(9-16(25)11-29-22)12-24-6-5-14-7-15(19(26)28-4)8-18(23)17(14)10-24/h7-8,16H,5-6,9-13H2,1-4H3/t16-,22+/m0/s1. The molecule has 2 bridgehead atoms. The highest BCUT2D eigenvalue weighted by Crippen LogP contribution is 2.39. The number of ether oxygens (including phenoxy) is 3. The molecule has 0 N–H and O–H groups in total. The van der Waals surface area contributed by atoms with Gasteiger partial charge in [-0.25, -0.2) is 14.0 Å². The van der Waals surface area contributed by atoms with Crippen LogP contribution in [-0.4, -0.2) is 72.5 Å². The van der Waals surface area contributed by atoms with Gasteiger partial charge in [-0.3, -0.25) is 9.80 Å². The average molecular weight is 420 g/mol. The van der Waals surface area contributed by atoms with Crippen LogP contribution in [0.1, 0.15) is 48.7 Å². The first kappa shape index (κ1) is 21.1. The number of benzene rings is 1. The van der Waals surface area contributed by atoms with Gasteiger partial charge in [-0.15, -0.1) is 0 Å². The van der Waals surface area contributed by atoms with Gasteiger partial charge in [0, 0.05) is 31.6 Å². The Balaban J connectivity index is 1.44. The molecule has 0 spiro atoms. The molecule has 2 saturated heterocycles. The van der Waals surface area contributed by atoms with Crippen LogP contribution in [0.2, 0.25) is 0 Å². The van der Waals surface area contributed by atoms with Crippen LogP contribution >= 0.6 is 0 Å². The number of esters is 1. The lowest BCUT2D eigenvalue weighted by Gasteiger charge is -2.38. The lowest BCUT2D eigenvalue weighted by molar-refractivity contribution is -0.0678. The Hall–Kier alpha value is -2.19. The molecule has 2 atom stereocenters. The van der Waals surface area contributed by atoms with Crippen LogP contribution < -0.4 is 0 Å². The van der Waals surface area contributed by atoms with Crippen molar-refractivity contribution in [1.82, 2.24) is 9.80 Å². The van der Waals surface area contributed by atoms with E-state index in [1.165, 1.54) is 13.2 Å². The summed E-state index contributed by atoms with van der Waals surface area (Å²) in [7, 11) is 1.29. The van der Waals surface area contributed by atoms with Crippen LogP contribution in [0.4, 0.5) is 9.18 Å². The number of likely N-dealkylation sites (tertiary alicyclic amines) is 1. The van der Waals surface area contributed by atoms with Gasteiger partial charge in [-0.1, -0.05) is 0 Å². The molecule has 4 rings (SSSR count). The number of hydrogen-bond donors (Lipinski definition) is 0.